The highest BCUT2D eigenvalue weighted by atomic mass is 32.2. The van der Waals surface area contributed by atoms with E-state index < -0.39 is 16.0 Å². The van der Waals surface area contributed by atoms with Gasteiger partial charge in [0, 0.05) is 17.9 Å². The summed E-state index contributed by atoms with van der Waals surface area (Å²) < 4.78 is 27.2. The van der Waals surface area contributed by atoms with Crippen LogP contribution in [0.1, 0.15) is 15.9 Å². The standard InChI is InChI=1S/C15H14N2O4S/c18-15(19)10-1-3-12(4-2-10)17-22(20,21)13-5-6-14-11(9-13)7-8-16-14/h1-6,9,16-17H,7-8H2,(H,18,19). The molecule has 22 heavy (non-hydrogen) atoms. The molecule has 3 rings (SSSR count). The van der Waals surface area contributed by atoms with E-state index in [1.807, 2.05) is 0 Å². The number of fused-ring (bicyclic) bond motifs is 1. The van der Waals surface area contributed by atoms with Crippen molar-refractivity contribution in [2.75, 3.05) is 16.6 Å². The van der Waals surface area contributed by atoms with Crippen molar-refractivity contribution in [3.8, 4) is 0 Å². The Morgan fingerprint density at radius 1 is 1.14 bits per heavy atom. The van der Waals surface area contributed by atoms with Gasteiger partial charge in [-0.3, -0.25) is 4.72 Å². The zero-order valence-corrected chi connectivity index (χ0v) is 12.4. The second-order valence-electron chi connectivity index (χ2n) is 4.98. The summed E-state index contributed by atoms with van der Waals surface area (Å²) in [6.07, 6.45) is 0.798. The van der Waals surface area contributed by atoms with E-state index in [0.29, 0.717) is 5.69 Å². The molecule has 0 atom stereocenters. The fourth-order valence-corrected chi connectivity index (χ4v) is 3.45. The summed E-state index contributed by atoms with van der Waals surface area (Å²) in [5.41, 5.74) is 2.36. The average molecular weight is 318 g/mol. The van der Waals surface area contributed by atoms with Crippen molar-refractivity contribution < 1.29 is 18.3 Å². The predicted molar refractivity (Wildman–Crippen MR) is 82.8 cm³/mol. The molecule has 1 aliphatic heterocycles. The lowest BCUT2D eigenvalue weighted by Gasteiger charge is -2.09. The van der Waals surface area contributed by atoms with Gasteiger partial charge in [0.05, 0.1) is 10.5 Å². The lowest BCUT2D eigenvalue weighted by molar-refractivity contribution is 0.0697. The molecule has 0 saturated heterocycles. The maximum Gasteiger partial charge on any atom is 0.335 e. The number of carbonyl (C=O) groups is 1. The minimum Gasteiger partial charge on any atom is -0.478 e. The van der Waals surface area contributed by atoms with Crippen LogP contribution in [-0.4, -0.2) is 26.0 Å². The third kappa shape index (κ3) is 2.75. The van der Waals surface area contributed by atoms with Crippen molar-refractivity contribution in [3.05, 3.63) is 53.6 Å². The molecule has 0 amide bonds. The quantitative estimate of drug-likeness (QED) is 0.803. The Morgan fingerprint density at radius 2 is 1.86 bits per heavy atom. The molecule has 1 aliphatic rings. The Morgan fingerprint density at radius 3 is 2.55 bits per heavy atom. The molecular weight excluding hydrogens is 304 g/mol. The second kappa shape index (κ2) is 5.34. The highest BCUT2D eigenvalue weighted by Gasteiger charge is 2.18. The topological polar surface area (TPSA) is 95.5 Å². The molecule has 114 valence electrons. The summed E-state index contributed by atoms with van der Waals surface area (Å²) in [5.74, 6) is -1.06. The molecule has 0 spiro atoms. The predicted octanol–water partition coefficient (Wildman–Crippen LogP) is 2.15. The zero-order chi connectivity index (χ0) is 15.7. The van der Waals surface area contributed by atoms with E-state index in [9.17, 15) is 13.2 Å². The summed E-state index contributed by atoms with van der Waals surface area (Å²) in [7, 11) is -3.69. The third-order valence-electron chi connectivity index (χ3n) is 3.48. The van der Waals surface area contributed by atoms with Crippen LogP contribution in [0.3, 0.4) is 0 Å². The van der Waals surface area contributed by atoms with Crippen LogP contribution in [0.4, 0.5) is 11.4 Å². The van der Waals surface area contributed by atoms with Crippen LogP contribution in [0.5, 0.6) is 0 Å². The van der Waals surface area contributed by atoms with Crippen LogP contribution in [-0.2, 0) is 16.4 Å². The average Bonchev–Trinajstić information content (AvgIpc) is 2.94. The Balaban J connectivity index is 1.85. The number of hydrogen-bond acceptors (Lipinski definition) is 4. The Kier molecular flexibility index (Phi) is 3.50. The van der Waals surface area contributed by atoms with E-state index in [1.54, 1.807) is 18.2 Å². The number of rotatable bonds is 4. The first-order valence-corrected chi connectivity index (χ1v) is 8.17. The van der Waals surface area contributed by atoms with Crippen molar-refractivity contribution in [1.29, 1.82) is 0 Å². The molecule has 0 fully saturated rings. The largest absolute Gasteiger partial charge is 0.478 e. The fraction of sp³-hybridized carbons (Fsp3) is 0.133. The summed E-state index contributed by atoms with van der Waals surface area (Å²) >= 11 is 0. The number of benzene rings is 2. The van der Waals surface area contributed by atoms with Gasteiger partial charge in [-0.05, 0) is 54.4 Å². The fourth-order valence-electron chi connectivity index (χ4n) is 2.34. The van der Waals surface area contributed by atoms with Gasteiger partial charge in [0.1, 0.15) is 0 Å². The first-order chi connectivity index (χ1) is 10.5. The molecule has 2 aromatic carbocycles. The summed E-state index contributed by atoms with van der Waals surface area (Å²) in [6, 6.07) is 10.5. The van der Waals surface area contributed by atoms with E-state index in [4.69, 9.17) is 5.11 Å². The molecule has 0 unspecified atom stereocenters. The third-order valence-corrected chi connectivity index (χ3v) is 4.86. The van der Waals surface area contributed by atoms with Gasteiger partial charge in [0.15, 0.2) is 0 Å². The van der Waals surface area contributed by atoms with Crippen LogP contribution in [0.25, 0.3) is 0 Å². The SMILES string of the molecule is O=C(O)c1ccc(NS(=O)(=O)c2ccc3c(c2)CCN3)cc1. The summed E-state index contributed by atoms with van der Waals surface area (Å²) in [5, 5.41) is 12.0. The maximum absolute atomic E-state index is 12.4. The molecule has 0 saturated carbocycles. The highest BCUT2D eigenvalue weighted by Crippen LogP contribution is 2.26. The highest BCUT2D eigenvalue weighted by molar-refractivity contribution is 7.92. The second-order valence-corrected chi connectivity index (χ2v) is 6.67. The van der Waals surface area contributed by atoms with Crippen LogP contribution in [0.2, 0.25) is 0 Å². The minimum atomic E-state index is -3.69. The number of carboxylic acids is 1. The van der Waals surface area contributed by atoms with Crippen LogP contribution in [0.15, 0.2) is 47.4 Å². The number of aromatic carboxylic acids is 1. The lowest BCUT2D eigenvalue weighted by Crippen LogP contribution is -2.13. The first kappa shape index (κ1) is 14.4. The molecule has 1 heterocycles. The van der Waals surface area contributed by atoms with E-state index in [0.717, 1.165) is 24.2 Å². The Bertz CT molecular complexity index is 829. The van der Waals surface area contributed by atoms with Crippen LogP contribution in [0, 0.1) is 0 Å². The van der Waals surface area contributed by atoms with Crippen LogP contribution >= 0.6 is 0 Å². The van der Waals surface area contributed by atoms with Gasteiger partial charge in [0.25, 0.3) is 10.0 Å². The molecule has 2 aromatic rings. The van der Waals surface area contributed by atoms with Gasteiger partial charge in [0.2, 0.25) is 0 Å². The minimum absolute atomic E-state index is 0.103. The molecule has 7 heteroatoms. The van der Waals surface area contributed by atoms with Gasteiger partial charge in [-0.1, -0.05) is 0 Å². The molecule has 0 aromatic heterocycles. The van der Waals surface area contributed by atoms with Gasteiger partial charge in [-0.15, -0.1) is 0 Å². The lowest BCUT2D eigenvalue weighted by atomic mass is 10.2. The Labute approximate surface area is 127 Å². The molecule has 0 aliphatic carbocycles. The van der Waals surface area contributed by atoms with Crippen molar-refractivity contribution in [2.45, 2.75) is 11.3 Å². The monoisotopic (exact) mass is 318 g/mol. The van der Waals surface area contributed by atoms with E-state index in [-0.39, 0.29) is 10.5 Å². The number of carboxylic acid groups (broad SMARTS) is 1. The van der Waals surface area contributed by atoms with Gasteiger partial charge in [-0.25, -0.2) is 13.2 Å². The van der Waals surface area contributed by atoms with Gasteiger partial charge >= 0.3 is 5.97 Å². The van der Waals surface area contributed by atoms with Crippen molar-refractivity contribution in [2.24, 2.45) is 0 Å². The number of anilines is 2. The molecular formula is C15H14N2O4S. The smallest absolute Gasteiger partial charge is 0.335 e. The molecule has 3 N–H and O–H groups in total. The first-order valence-electron chi connectivity index (χ1n) is 6.69. The molecule has 6 nitrogen and oxygen atoms in total. The normalized spacial score (nSPS) is 13.3. The maximum atomic E-state index is 12.4. The van der Waals surface area contributed by atoms with Crippen molar-refractivity contribution in [1.82, 2.24) is 0 Å². The number of hydrogen-bond donors (Lipinski definition) is 3. The van der Waals surface area contributed by atoms with Crippen LogP contribution < -0.4 is 10.0 Å². The summed E-state index contributed by atoms with van der Waals surface area (Å²) in [4.78, 5) is 11.0. The number of sulfonamides is 1. The van der Waals surface area contributed by atoms with Gasteiger partial charge in [-0.2, -0.15) is 0 Å². The van der Waals surface area contributed by atoms with E-state index in [1.165, 1.54) is 24.3 Å². The number of nitrogens with one attached hydrogen (secondary N) is 2. The molecule has 0 bridgehead atoms. The van der Waals surface area contributed by atoms with Gasteiger partial charge < -0.3 is 10.4 Å². The molecule has 0 radical (unpaired) electrons. The van der Waals surface area contributed by atoms with E-state index >= 15 is 0 Å². The van der Waals surface area contributed by atoms with E-state index in [2.05, 4.69) is 10.0 Å². The van der Waals surface area contributed by atoms with Crippen molar-refractivity contribution >= 4 is 27.4 Å². The summed E-state index contributed by atoms with van der Waals surface area (Å²) in [6.45, 7) is 0.808. The Hall–Kier alpha value is -2.54. The zero-order valence-electron chi connectivity index (χ0n) is 11.5. The van der Waals surface area contributed by atoms with Crippen molar-refractivity contribution in [3.63, 3.8) is 0 Å².